The maximum atomic E-state index is 13.5. The molecule has 0 amide bonds. The standard InChI is InChI=1S/C51H38O10S2/c1-32-3-9-37(10-4-32)50(52)39-15-19-42(20-16-39)58-44-23-13-36-14-24-45(31-41(36)30-44)59-43-21-17-40(18-22-43)51(53)38-11-6-34(7-12-38)28-35-8-26-47(49(29-35)63(55,56)57)46-25-5-33(2)27-48(46)62-61-60-54/h3-27,29-31,54H,28H2,1-2H3,(H,55,56,57). The van der Waals surface area contributed by atoms with Crippen LogP contribution >= 0.6 is 12.0 Å². The molecule has 0 aliphatic heterocycles. The molecular weight excluding hydrogens is 837 g/mol. The third-order valence-electron chi connectivity index (χ3n) is 10.3. The van der Waals surface area contributed by atoms with E-state index in [9.17, 15) is 22.6 Å². The molecule has 0 unspecified atom stereocenters. The predicted molar refractivity (Wildman–Crippen MR) is 241 cm³/mol. The molecule has 0 saturated carbocycles. The molecule has 8 rings (SSSR count). The van der Waals surface area contributed by atoms with Gasteiger partial charge in [0.25, 0.3) is 10.1 Å². The molecule has 0 aliphatic rings. The van der Waals surface area contributed by atoms with Crippen LogP contribution < -0.4 is 9.47 Å². The number of aryl methyl sites for hydroxylation is 2. The van der Waals surface area contributed by atoms with Crippen molar-refractivity contribution in [3.8, 4) is 34.1 Å². The Labute approximate surface area is 368 Å². The molecule has 2 N–H and O–H groups in total. The van der Waals surface area contributed by atoms with Gasteiger partial charge < -0.3 is 9.47 Å². The molecule has 0 atom stereocenters. The monoisotopic (exact) mass is 874 g/mol. The Kier molecular flexibility index (Phi) is 12.6. The average molecular weight is 875 g/mol. The lowest BCUT2D eigenvalue weighted by Gasteiger charge is -2.14. The second-order valence-electron chi connectivity index (χ2n) is 14.9. The lowest BCUT2D eigenvalue weighted by atomic mass is 9.97. The highest BCUT2D eigenvalue weighted by Gasteiger charge is 2.21. The number of fused-ring (bicyclic) bond motifs is 1. The van der Waals surface area contributed by atoms with E-state index in [2.05, 4.69) is 9.37 Å². The first-order valence-electron chi connectivity index (χ1n) is 19.6. The number of rotatable bonds is 15. The molecule has 63 heavy (non-hydrogen) atoms. The summed E-state index contributed by atoms with van der Waals surface area (Å²) in [6.07, 6.45) is 0.329. The van der Waals surface area contributed by atoms with Crippen LogP contribution in [0.2, 0.25) is 0 Å². The van der Waals surface area contributed by atoms with Gasteiger partial charge >= 0.3 is 0 Å². The van der Waals surface area contributed by atoms with Crippen LogP contribution in [0, 0.1) is 13.8 Å². The Morgan fingerprint density at radius 2 is 0.968 bits per heavy atom. The summed E-state index contributed by atoms with van der Waals surface area (Å²) in [6.45, 7) is 3.82. The van der Waals surface area contributed by atoms with Crippen molar-refractivity contribution in [2.45, 2.75) is 30.1 Å². The van der Waals surface area contributed by atoms with E-state index in [-0.39, 0.29) is 22.0 Å². The SMILES string of the molecule is Cc1ccc(C(=O)c2ccc(Oc3ccc4ccc(Oc5ccc(C(=O)c6ccc(Cc7ccc(-c8ccc(C)cc8SOOO)c(S(=O)(=O)O)c7)cc6)cc5)cc4c3)cc2)cc1. The van der Waals surface area contributed by atoms with Crippen LogP contribution in [-0.4, -0.2) is 29.8 Å². The lowest BCUT2D eigenvalue weighted by Crippen LogP contribution is -2.04. The first-order valence-corrected chi connectivity index (χ1v) is 21.8. The van der Waals surface area contributed by atoms with Crippen LogP contribution in [-0.2, 0) is 25.9 Å². The van der Waals surface area contributed by atoms with Crippen molar-refractivity contribution in [3.05, 3.63) is 214 Å². The summed E-state index contributed by atoms with van der Waals surface area (Å²) in [5.74, 6) is 2.15. The maximum Gasteiger partial charge on any atom is 0.295 e. The zero-order chi connectivity index (χ0) is 44.1. The molecule has 0 spiro atoms. The van der Waals surface area contributed by atoms with Gasteiger partial charge in [-0.1, -0.05) is 95.5 Å². The molecule has 0 saturated heterocycles. The minimum Gasteiger partial charge on any atom is -0.457 e. The van der Waals surface area contributed by atoms with E-state index in [1.807, 2.05) is 74.5 Å². The van der Waals surface area contributed by atoms with Crippen LogP contribution in [0.15, 0.2) is 180 Å². The molecule has 8 aromatic carbocycles. The van der Waals surface area contributed by atoms with E-state index in [0.717, 1.165) is 27.5 Å². The number of ether oxygens (including phenoxy) is 2. The third kappa shape index (κ3) is 10.3. The Bertz CT molecular complexity index is 3070. The van der Waals surface area contributed by atoms with Gasteiger partial charge in [-0.05, 0) is 138 Å². The van der Waals surface area contributed by atoms with Gasteiger partial charge in [-0.2, -0.15) is 8.42 Å². The third-order valence-corrected chi connectivity index (χ3v) is 11.9. The van der Waals surface area contributed by atoms with Crippen molar-refractivity contribution in [1.82, 2.24) is 0 Å². The zero-order valence-electron chi connectivity index (χ0n) is 33.8. The van der Waals surface area contributed by atoms with Gasteiger partial charge in [-0.25, -0.2) is 5.26 Å². The molecule has 314 valence electrons. The summed E-state index contributed by atoms with van der Waals surface area (Å²) in [4.78, 5) is 26.5. The van der Waals surface area contributed by atoms with Crippen LogP contribution in [0.4, 0.5) is 0 Å². The normalized spacial score (nSPS) is 11.4. The maximum absolute atomic E-state index is 13.5. The fourth-order valence-corrected chi connectivity index (χ4v) is 8.45. The lowest BCUT2D eigenvalue weighted by molar-refractivity contribution is -0.432. The molecule has 0 aromatic heterocycles. The molecule has 10 nitrogen and oxygen atoms in total. The molecule has 0 bridgehead atoms. The van der Waals surface area contributed by atoms with Crippen molar-refractivity contribution < 1.29 is 46.7 Å². The van der Waals surface area contributed by atoms with Crippen LogP contribution in [0.1, 0.15) is 54.1 Å². The van der Waals surface area contributed by atoms with Crippen LogP contribution in [0.3, 0.4) is 0 Å². The van der Waals surface area contributed by atoms with E-state index in [0.29, 0.717) is 79.7 Å². The molecule has 0 fully saturated rings. The van der Waals surface area contributed by atoms with Crippen molar-refractivity contribution >= 4 is 44.5 Å². The minimum atomic E-state index is -4.64. The summed E-state index contributed by atoms with van der Waals surface area (Å²) in [5, 5.41) is 14.3. The Hall–Kier alpha value is -6.90. The molecule has 12 heteroatoms. The Balaban J connectivity index is 0.904. The molecule has 0 heterocycles. The quantitative estimate of drug-likeness (QED) is 0.0334. The van der Waals surface area contributed by atoms with Gasteiger partial charge in [0.2, 0.25) is 0 Å². The highest BCUT2D eigenvalue weighted by molar-refractivity contribution is 7.94. The zero-order valence-corrected chi connectivity index (χ0v) is 35.5. The van der Waals surface area contributed by atoms with Gasteiger partial charge in [0.05, 0.1) is 12.0 Å². The smallest absolute Gasteiger partial charge is 0.295 e. The van der Waals surface area contributed by atoms with Gasteiger partial charge in [0.15, 0.2) is 11.6 Å². The van der Waals surface area contributed by atoms with Crippen molar-refractivity contribution in [1.29, 1.82) is 0 Å². The van der Waals surface area contributed by atoms with E-state index < -0.39 is 10.1 Å². The van der Waals surface area contributed by atoms with E-state index >= 15 is 0 Å². The number of benzene rings is 8. The molecular formula is C51H38O10S2. The van der Waals surface area contributed by atoms with Crippen LogP contribution in [0.5, 0.6) is 23.0 Å². The summed E-state index contributed by atoms with van der Waals surface area (Å²) in [7, 11) is -4.64. The Morgan fingerprint density at radius 1 is 0.508 bits per heavy atom. The van der Waals surface area contributed by atoms with Gasteiger partial charge in [0, 0.05) is 32.7 Å². The summed E-state index contributed by atoms with van der Waals surface area (Å²) in [6, 6.07) is 50.0. The predicted octanol–water partition coefficient (Wildman–Crippen LogP) is 12.4. The molecule has 8 aromatic rings. The number of hydrogen-bond donors (Lipinski definition) is 2. The minimum absolute atomic E-state index is 0.0511. The number of carbonyl (C=O) groups is 2. The fourth-order valence-electron chi connectivity index (χ4n) is 7.08. The number of carbonyl (C=O) groups excluding carboxylic acids is 2. The number of ketones is 2. The van der Waals surface area contributed by atoms with E-state index in [1.165, 1.54) is 6.07 Å². The summed E-state index contributed by atoms with van der Waals surface area (Å²) in [5.41, 5.74) is 6.24. The van der Waals surface area contributed by atoms with Crippen molar-refractivity contribution in [2.75, 3.05) is 0 Å². The molecule has 0 radical (unpaired) electrons. The van der Waals surface area contributed by atoms with Crippen LogP contribution in [0.25, 0.3) is 21.9 Å². The van der Waals surface area contributed by atoms with Gasteiger partial charge in [0.1, 0.15) is 27.9 Å². The second kappa shape index (κ2) is 18.6. The topological polar surface area (TPSA) is 146 Å². The largest absolute Gasteiger partial charge is 0.457 e. The van der Waals surface area contributed by atoms with E-state index in [4.69, 9.17) is 14.7 Å². The number of hydrogen-bond acceptors (Lipinski definition) is 10. The average Bonchev–Trinajstić information content (AvgIpc) is 3.28. The Morgan fingerprint density at radius 3 is 1.49 bits per heavy atom. The summed E-state index contributed by atoms with van der Waals surface area (Å²) >= 11 is 0.694. The van der Waals surface area contributed by atoms with Crippen molar-refractivity contribution in [3.63, 3.8) is 0 Å². The molecule has 0 aliphatic carbocycles. The van der Waals surface area contributed by atoms with Crippen molar-refractivity contribution in [2.24, 2.45) is 0 Å². The van der Waals surface area contributed by atoms with Gasteiger partial charge in [-0.15, -0.1) is 4.33 Å². The van der Waals surface area contributed by atoms with Gasteiger partial charge in [-0.3, -0.25) is 14.1 Å². The first kappa shape index (κ1) is 42.8. The highest BCUT2D eigenvalue weighted by Crippen LogP contribution is 2.37. The van der Waals surface area contributed by atoms with E-state index in [1.54, 1.807) is 103 Å². The summed E-state index contributed by atoms with van der Waals surface area (Å²) < 4.78 is 52.2. The fraction of sp³-hybridized carbons (Fsp3) is 0.0588. The highest BCUT2D eigenvalue weighted by atomic mass is 32.2. The second-order valence-corrected chi connectivity index (χ2v) is 17.0. The first-order chi connectivity index (χ1) is 30.4.